The number of nitrogens with zero attached hydrogens (tertiary/aromatic N) is 1. The molecule has 0 fully saturated rings. The normalized spacial score (nSPS) is 10.7. The van der Waals surface area contributed by atoms with Crippen LogP contribution in [0.2, 0.25) is 0 Å². The number of anilines is 1. The molecule has 0 atom stereocenters. The van der Waals surface area contributed by atoms with Gasteiger partial charge in [0.15, 0.2) is 0 Å². The van der Waals surface area contributed by atoms with E-state index in [1.165, 1.54) is 0 Å². The van der Waals surface area contributed by atoms with Crippen molar-refractivity contribution >= 4 is 5.82 Å². The summed E-state index contributed by atoms with van der Waals surface area (Å²) in [5.41, 5.74) is 1.09. The summed E-state index contributed by atoms with van der Waals surface area (Å²) in [7, 11) is 0. The standard InChI is InChI=1S/C12H21N3/c1-4-8-13-9-11-6-5-7-12(15-11)14-10(2)3/h5-7,10,13H,4,8-9H2,1-3H3,(H,14,15). The summed E-state index contributed by atoms with van der Waals surface area (Å²) in [5.74, 6) is 0.959. The van der Waals surface area contributed by atoms with Crippen molar-refractivity contribution < 1.29 is 0 Å². The van der Waals surface area contributed by atoms with Crippen LogP contribution in [0.5, 0.6) is 0 Å². The van der Waals surface area contributed by atoms with Crippen molar-refractivity contribution in [1.82, 2.24) is 10.3 Å². The Kier molecular flexibility index (Phi) is 5.12. The third kappa shape index (κ3) is 4.79. The van der Waals surface area contributed by atoms with Gasteiger partial charge in [-0.3, -0.25) is 0 Å². The maximum atomic E-state index is 4.51. The lowest BCUT2D eigenvalue weighted by Gasteiger charge is -2.10. The molecular weight excluding hydrogens is 186 g/mol. The van der Waals surface area contributed by atoms with Gasteiger partial charge >= 0.3 is 0 Å². The fourth-order valence-corrected chi connectivity index (χ4v) is 1.35. The van der Waals surface area contributed by atoms with Crippen LogP contribution in [0.3, 0.4) is 0 Å². The Hall–Kier alpha value is -1.09. The van der Waals surface area contributed by atoms with E-state index in [-0.39, 0.29) is 0 Å². The Morgan fingerprint density at radius 3 is 2.80 bits per heavy atom. The summed E-state index contributed by atoms with van der Waals surface area (Å²) in [5, 5.41) is 6.64. The van der Waals surface area contributed by atoms with Gasteiger partial charge in [-0.05, 0) is 38.9 Å². The van der Waals surface area contributed by atoms with Crippen LogP contribution < -0.4 is 10.6 Å². The summed E-state index contributed by atoms with van der Waals surface area (Å²) in [4.78, 5) is 4.51. The van der Waals surface area contributed by atoms with Crippen LogP contribution >= 0.6 is 0 Å². The average molecular weight is 207 g/mol. The molecule has 0 aromatic carbocycles. The Labute approximate surface area is 92.3 Å². The van der Waals surface area contributed by atoms with E-state index in [1.54, 1.807) is 0 Å². The first-order valence-corrected chi connectivity index (χ1v) is 5.65. The molecule has 15 heavy (non-hydrogen) atoms. The molecule has 3 nitrogen and oxygen atoms in total. The molecule has 0 radical (unpaired) electrons. The topological polar surface area (TPSA) is 37.0 Å². The molecule has 0 saturated carbocycles. The second-order valence-corrected chi connectivity index (χ2v) is 3.99. The molecule has 0 saturated heterocycles. The molecule has 0 unspecified atom stereocenters. The zero-order valence-corrected chi connectivity index (χ0v) is 9.88. The van der Waals surface area contributed by atoms with Crippen LogP contribution in [0, 0.1) is 0 Å². The third-order valence-electron chi connectivity index (χ3n) is 1.98. The van der Waals surface area contributed by atoms with E-state index in [4.69, 9.17) is 0 Å². The number of hydrogen-bond acceptors (Lipinski definition) is 3. The van der Waals surface area contributed by atoms with Crippen LogP contribution in [0.25, 0.3) is 0 Å². The molecular formula is C12H21N3. The van der Waals surface area contributed by atoms with E-state index in [2.05, 4.69) is 36.4 Å². The van der Waals surface area contributed by atoms with Gasteiger partial charge in [-0.25, -0.2) is 4.98 Å². The SMILES string of the molecule is CCCNCc1cccc(NC(C)C)n1. The van der Waals surface area contributed by atoms with Gasteiger partial charge < -0.3 is 10.6 Å². The van der Waals surface area contributed by atoms with Crippen molar-refractivity contribution in [2.45, 2.75) is 39.8 Å². The molecule has 1 aromatic heterocycles. The van der Waals surface area contributed by atoms with Crippen LogP contribution in [0.15, 0.2) is 18.2 Å². The number of pyridine rings is 1. The molecule has 0 bridgehead atoms. The second-order valence-electron chi connectivity index (χ2n) is 3.99. The van der Waals surface area contributed by atoms with Gasteiger partial charge in [0.2, 0.25) is 0 Å². The maximum absolute atomic E-state index is 4.51. The first-order chi connectivity index (χ1) is 7.22. The first kappa shape index (κ1) is 12.0. The van der Waals surface area contributed by atoms with Crippen molar-refractivity contribution in [2.24, 2.45) is 0 Å². The molecule has 3 heteroatoms. The lowest BCUT2D eigenvalue weighted by atomic mass is 10.3. The molecule has 0 aliphatic heterocycles. The quantitative estimate of drug-likeness (QED) is 0.703. The van der Waals surface area contributed by atoms with Crippen LogP contribution in [-0.2, 0) is 6.54 Å². The highest BCUT2D eigenvalue weighted by atomic mass is 15.0. The Morgan fingerprint density at radius 1 is 1.33 bits per heavy atom. The van der Waals surface area contributed by atoms with Gasteiger partial charge in [0.25, 0.3) is 0 Å². The van der Waals surface area contributed by atoms with Crippen LogP contribution in [0.1, 0.15) is 32.9 Å². The molecule has 2 N–H and O–H groups in total. The molecule has 1 aromatic rings. The fourth-order valence-electron chi connectivity index (χ4n) is 1.35. The smallest absolute Gasteiger partial charge is 0.126 e. The zero-order chi connectivity index (χ0) is 11.1. The summed E-state index contributed by atoms with van der Waals surface area (Å²) in [6, 6.07) is 6.52. The largest absolute Gasteiger partial charge is 0.368 e. The zero-order valence-electron chi connectivity index (χ0n) is 9.88. The lowest BCUT2D eigenvalue weighted by Crippen LogP contribution is -2.16. The molecule has 84 valence electrons. The molecule has 0 amide bonds. The van der Waals surface area contributed by atoms with Gasteiger partial charge in [-0.1, -0.05) is 13.0 Å². The van der Waals surface area contributed by atoms with Gasteiger partial charge in [-0.2, -0.15) is 0 Å². The highest BCUT2D eigenvalue weighted by Crippen LogP contribution is 2.06. The van der Waals surface area contributed by atoms with E-state index in [0.29, 0.717) is 6.04 Å². The minimum atomic E-state index is 0.427. The number of hydrogen-bond donors (Lipinski definition) is 2. The Bertz CT molecular complexity index is 284. The lowest BCUT2D eigenvalue weighted by molar-refractivity contribution is 0.664. The molecule has 0 aliphatic rings. The van der Waals surface area contributed by atoms with Crippen molar-refractivity contribution in [3.8, 4) is 0 Å². The molecule has 0 spiro atoms. The van der Waals surface area contributed by atoms with E-state index >= 15 is 0 Å². The molecule has 1 heterocycles. The summed E-state index contributed by atoms with van der Waals surface area (Å²) in [6.45, 7) is 8.29. The van der Waals surface area contributed by atoms with Crippen molar-refractivity contribution in [3.05, 3.63) is 23.9 Å². The number of aromatic nitrogens is 1. The van der Waals surface area contributed by atoms with E-state index < -0.39 is 0 Å². The Morgan fingerprint density at radius 2 is 2.13 bits per heavy atom. The number of nitrogens with one attached hydrogen (secondary N) is 2. The minimum absolute atomic E-state index is 0.427. The van der Waals surface area contributed by atoms with Crippen molar-refractivity contribution in [2.75, 3.05) is 11.9 Å². The van der Waals surface area contributed by atoms with Gasteiger partial charge in [0, 0.05) is 12.6 Å². The van der Waals surface area contributed by atoms with E-state index in [0.717, 1.165) is 31.0 Å². The number of rotatable bonds is 6. The van der Waals surface area contributed by atoms with E-state index in [1.807, 2.05) is 18.2 Å². The van der Waals surface area contributed by atoms with Crippen molar-refractivity contribution in [1.29, 1.82) is 0 Å². The van der Waals surface area contributed by atoms with Crippen LogP contribution in [0.4, 0.5) is 5.82 Å². The Balaban J connectivity index is 2.50. The highest BCUT2D eigenvalue weighted by molar-refractivity contribution is 5.35. The highest BCUT2D eigenvalue weighted by Gasteiger charge is 1.98. The summed E-state index contributed by atoms with van der Waals surface area (Å²) < 4.78 is 0. The van der Waals surface area contributed by atoms with E-state index in [9.17, 15) is 0 Å². The second kappa shape index (κ2) is 6.40. The van der Waals surface area contributed by atoms with Gasteiger partial charge in [0.05, 0.1) is 5.69 Å². The third-order valence-corrected chi connectivity index (χ3v) is 1.98. The minimum Gasteiger partial charge on any atom is -0.368 e. The molecule has 0 aliphatic carbocycles. The average Bonchev–Trinajstić information content (AvgIpc) is 2.18. The van der Waals surface area contributed by atoms with Gasteiger partial charge in [0.1, 0.15) is 5.82 Å². The monoisotopic (exact) mass is 207 g/mol. The maximum Gasteiger partial charge on any atom is 0.126 e. The predicted molar refractivity (Wildman–Crippen MR) is 65.0 cm³/mol. The van der Waals surface area contributed by atoms with Crippen LogP contribution in [-0.4, -0.2) is 17.6 Å². The predicted octanol–water partition coefficient (Wildman–Crippen LogP) is 2.40. The summed E-state index contributed by atoms with van der Waals surface area (Å²) >= 11 is 0. The molecule has 1 rings (SSSR count). The fraction of sp³-hybridized carbons (Fsp3) is 0.583. The van der Waals surface area contributed by atoms with Crippen molar-refractivity contribution in [3.63, 3.8) is 0 Å². The summed E-state index contributed by atoms with van der Waals surface area (Å²) in [6.07, 6.45) is 1.16. The van der Waals surface area contributed by atoms with Gasteiger partial charge in [-0.15, -0.1) is 0 Å². The first-order valence-electron chi connectivity index (χ1n) is 5.65.